The molecular formula is C9H10FNO4. The van der Waals surface area contributed by atoms with Gasteiger partial charge < -0.3 is 9.84 Å². The Labute approximate surface area is 85.3 Å². The fraction of sp³-hybridized carbons (Fsp3) is 0.333. The number of aliphatic hydroxyl groups excluding tert-OH is 1. The first-order valence-corrected chi connectivity index (χ1v) is 4.25. The van der Waals surface area contributed by atoms with Gasteiger partial charge in [-0.2, -0.15) is 0 Å². The largest absolute Gasteiger partial charge is 0.488 e. The van der Waals surface area contributed by atoms with Crippen molar-refractivity contribution in [2.24, 2.45) is 0 Å². The maximum Gasteiger partial charge on any atom is 0.272 e. The normalized spacial score (nSPS) is 12.2. The number of nitrogens with zero attached hydrogens (tertiary/aromatic N) is 1. The van der Waals surface area contributed by atoms with Crippen molar-refractivity contribution in [1.82, 2.24) is 0 Å². The van der Waals surface area contributed by atoms with Crippen molar-refractivity contribution in [3.05, 3.63) is 34.1 Å². The number of rotatable bonds is 4. The third-order valence-corrected chi connectivity index (χ3v) is 1.61. The summed E-state index contributed by atoms with van der Waals surface area (Å²) in [4.78, 5) is 9.60. The number of halogens is 1. The molecule has 0 aliphatic heterocycles. The van der Waals surface area contributed by atoms with E-state index in [1.54, 1.807) is 0 Å². The van der Waals surface area contributed by atoms with Crippen molar-refractivity contribution in [2.75, 3.05) is 6.61 Å². The molecule has 0 amide bonds. The summed E-state index contributed by atoms with van der Waals surface area (Å²) in [7, 11) is 0. The number of hydrogen-bond donors (Lipinski definition) is 1. The first-order chi connectivity index (χ1) is 7.00. The summed E-state index contributed by atoms with van der Waals surface area (Å²) in [5.41, 5.74) is -0.336. The van der Waals surface area contributed by atoms with Crippen molar-refractivity contribution in [3.63, 3.8) is 0 Å². The molecule has 1 N–H and O–H groups in total. The Bertz CT molecular complexity index is 367. The number of aliphatic hydroxyl groups is 1. The van der Waals surface area contributed by atoms with Crippen LogP contribution in [0.2, 0.25) is 0 Å². The summed E-state index contributed by atoms with van der Waals surface area (Å²) in [6.45, 7) is 1.43. The molecule has 0 fully saturated rings. The molecule has 0 spiro atoms. The fourth-order valence-electron chi connectivity index (χ4n) is 0.931. The monoisotopic (exact) mass is 215 g/mol. The van der Waals surface area contributed by atoms with E-state index in [0.717, 1.165) is 18.2 Å². The molecule has 6 heteroatoms. The molecule has 15 heavy (non-hydrogen) atoms. The second-order valence-corrected chi connectivity index (χ2v) is 3.03. The van der Waals surface area contributed by atoms with Crippen LogP contribution >= 0.6 is 0 Å². The van der Waals surface area contributed by atoms with Crippen molar-refractivity contribution in [2.45, 2.75) is 13.0 Å². The lowest BCUT2D eigenvalue weighted by Crippen LogP contribution is -2.13. The van der Waals surface area contributed by atoms with Crippen molar-refractivity contribution >= 4 is 5.69 Å². The number of nitro benzene ring substituents is 1. The van der Waals surface area contributed by atoms with Gasteiger partial charge in [-0.05, 0) is 13.0 Å². The second kappa shape index (κ2) is 4.70. The maximum absolute atomic E-state index is 13.1. The van der Waals surface area contributed by atoms with Crippen LogP contribution in [-0.4, -0.2) is 22.7 Å². The van der Waals surface area contributed by atoms with Crippen LogP contribution < -0.4 is 4.74 Å². The first-order valence-electron chi connectivity index (χ1n) is 4.25. The van der Waals surface area contributed by atoms with Gasteiger partial charge in [0, 0.05) is 6.07 Å². The zero-order valence-electron chi connectivity index (χ0n) is 8.01. The Morgan fingerprint density at radius 3 is 2.80 bits per heavy atom. The van der Waals surface area contributed by atoms with Gasteiger partial charge >= 0.3 is 0 Å². The number of benzene rings is 1. The van der Waals surface area contributed by atoms with Crippen LogP contribution in [0.1, 0.15) is 6.92 Å². The van der Waals surface area contributed by atoms with E-state index in [1.807, 2.05) is 0 Å². The highest BCUT2D eigenvalue weighted by atomic mass is 19.1. The lowest BCUT2D eigenvalue weighted by atomic mass is 10.3. The van der Waals surface area contributed by atoms with Gasteiger partial charge in [-0.25, -0.2) is 4.39 Å². The number of nitro groups is 1. The molecule has 0 heterocycles. The molecule has 1 aromatic carbocycles. The average molecular weight is 215 g/mol. The van der Waals surface area contributed by atoms with E-state index in [2.05, 4.69) is 0 Å². The van der Waals surface area contributed by atoms with Crippen LogP contribution in [0, 0.1) is 15.9 Å². The van der Waals surface area contributed by atoms with Gasteiger partial charge in [-0.1, -0.05) is 0 Å². The molecule has 0 aliphatic carbocycles. The van der Waals surface area contributed by atoms with Crippen molar-refractivity contribution in [3.8, 4) is 5.75 Å². The highest BCUT2D eigenvalue weighted by molar-refractivity contribution is 5.37. The Morgan fingerprint density at radius 2 is 2.33 bits per heavy atom. The minimum atomic E-state index is -0.815. The van der Waals surface area contributed by atoms with Gasteiger partial charge in [0.05, 0.1) is 17.1 Å². The summed E-state index contributed by atoms with van der Waals surface area (Å²) >= 11 is 0. The molecule has 1 aromatic rings. The smallest absolute Gasteiger partial charge is 0.272 e. The third kappa shape index (κ3) is 3.17. The van der Waals surface area contributed by atoms with Crippen LogP contribution in [-0.2, 0) is 0 Å². The van der Waals surface area contributed by atoms with Crippen LogP contribution in [0.3, 0.4) is 0 Å². The molecular weight excluding hydrogens is 205 g/mol. The van der Waals surface area contributed by atoms with Gasteiger partial charge in [0.15, 0.2) is 11.6 Å². The minimum Gasteiger partial charge on any atom is -0.488 e. The molecule has 1 rings (SSSR count). The van der Waals surface area contributed by atoms with Crippen LogP contribution in [0.4, 0.5) is 10.1 Å². The summed E-state index contributed by atoms with van der Waals surface area (Å²) in [6, 6.07) is 3.08. The SMILES string of the molecule is C[C@@H](O)COc1ccc([N+](=O)[O-])cc1F. The summed E-state index contributed by atoms with van der Waals surface area (Å²) < 4.78 is 18.0. The van der Waals surface area contributed by atoms with Crippen LogP contribution in [0.15, 0.2) is 18.2 Å². The molecule has 82 valence electrons. The fourth-order valence-corrected chi connectivity index (χ4v) is 0.931. The van der Waals surface area contributed by atoms with Crippen molar-refractivity contribution in [1.29, 1.82) is 0 Å². The van der Waals surface area contributed by atoms with E-state index < -0.39 is 16.8 Å². The predicted octanol–water partition coefficient (Wildman–Crippen LogP) is 1.49. The van der Waals surface area contributed by atoms with E-state index in [4.69, 9.17) is 9.84 Å². The van der Waals surface area contributed by atoms with E-state index in [-0.39, 0.29) is 18.0 Å². The predicted molar refractivity (Wildman–Crippen MR) is 50.2 cm³/mol. The number of ether oxygens (including phenoxy) is 1. The quantitative estimate of drug-likeness (QED) is 0.610. The molecule has 0 saturated carbocycles. The topological polar surface area (TPSA) is 72.6 Å². The van der Waals surface area contributed by atoms with Crippen molar-refractivity contribution < 1.29 is 19.2 Å². The van der Waals surface area contributed by atoms with Gasteiger partial charge in [0.25, 0.3) is 5.69 Å². The molecule has 0 radical (unpaired) electrons. The van der Waals surface area contributed by atoms with E-state index in [1.165, 1.54) is 6.92 Å². The Balaban J connectivity index is 2.79. The highest BCUT2D eigenvalue weighted by Gasteiger charge is 2.11. The molecule has 0 unspecified atom stereocenters. The zero-order chi connectivity index (χ0) is 11.4. The van der Waals surface area contributed by atoms with Crippen LogP contribution in [0.5, 0.6) is 5.75 Å². The average Bonchev–Trinajstić information content (AvgIpc) is 2.15. The Hall–Kier alpha value is -1.69. The molecule has 0 aliphatic rings. The standard InChI is InChI=1S/C9H10FNO4/c1-6(12)5-15-9-3-2-7(11(13)14)4-8(9)10/h2-4,6,12H,5H2,1H3/t6-/m1/s1. The minimum absolute atomic E-state index is 0.0608. The van der Waals surface area contributed by atoms with Gasteiger partial charge in [-0.3, -0.25) is 10.1 Å². The van der Waals surface area contributed by atoms with E-state index in [9.17, 15) is 14.5 Å². The maximum atomic E-state index is 13.1. The number of non-ortho nitro benzene ring substituents is 1. The van der Waals surface area contributed by atoms with E-state index in [0.29, 0.717) is 0 Å². The van der Waals surface area contributed by atoms with Gasteiger partial charge in [-0.15, -0.1) is 0 Å². The lowest BCUT2D eigenvalue weighted by Gasteiger charge is -2.08. The third-order valence-electron chi connectivity index (χ3n) is 1.61. The second-order valence-electron chi connectivity index (χ2n) is 3.03. The molecule has 0 saturated heterocycles. The Kier molecular flexibility index (Phi) is 3.56. The lowest BCUT2D eigenvalue weighted by molar-refractivity contribution is -0.385. The van der Waals surface area contributed by atoms with Gasteiger partial charge in [0.1, 0.15) is 6.61 Å². The van der Waals surface area contributed by atoms with Gasteiger partial charge in [0.2, 0.25) is 0 Å². The van der Waals surface area contributed by atoms with E-state index >= 15 is 0 Å². The summed E-state index contributed by atoms with van der Waals surface area (Å²) in [5, 5.41) is 19.2. The molecule has 1 atom stereocenters. The molecule has 0 bridgehead atoms. The number of hydrogen-bond acceptors (Lipinski definition) is 4. The molecule has 0 aromatic heterocycles. The first kappa shape index (κ1) is 11.4. The molecule has 5 nitrogen and oxygen atoms in total. The summed E-state index contributed by atoms with van der Waals surface area (Å²) in [5.74, 6) is -0.925. The Morgan fingerprint density at radius 1 is 1.67 bits per heavy atom. The zero-order valence-corrected chi connectivity index (χ0v) is 8.01. The highest BCUT2D eigenvalue weighted by Crippen LogP contribution is 2.22. The summed E-state index contributed by atoms with van der Waals surface area (Å²) in [6.07, 6.45) is -0.723. The van der Waals surface area contributed by atoms with Crippen LogP contribution in [0.25, 0.3) is 0 Å².